The topological polar surface area (TPSA) is 99.2 Å². The highest BCUT2D eigenvalue weighted by atomic mass is 32.2. The third-order valence-electron chi connectivity index (χ3n) is 3.63. The molecule has 0 aliphatic carbocycles. The molecule has 3 rings (SSSR count). The molecule has 1 N–H and O–H groups in total. The highest BCUT2D eigenvalue weighted by molar-refractivity contribution is 8.15. The Bertz CT molecular complexity index is 821. The number of thioether (sulfide) groups is 1. The molecule has 2 heterocycles. The van der Waals surface area contributed by atoms with Gasteiger partial charge in [-0.05, 0) is 17.8 Å². The minimum atomic E-state index is -1.52. The van der Waals surface area contributed by atoms with E-state index in [2.05, 4.69) is 10.4 Å². The summed E-state index contributed by atoms with van der Waals surface area (Å²) in [4.78, 5) is 48.0. The standard InChI is InChI=1S/C15H14N4O4S/c1-8(20)16-14-17-19(10(3)22)15(24-14)11-6-4-5-7-12(11)18(9(2)21)13(15)23/h4-7H,1-3H3,(H,16,17,20). The van der Waals surface area contributed by atoms with Gasteiger partial charge in [0.2, 0.25) is 22.6 Å². The number of amides is 4. The molecular weight excluding hydrogens is 332 g/mol. The lowest BCUT2D eigenvalue weighted by Crippen LogP contribution is -2.49. The van der Waals surface area contributed by atoms with E-state index in [9.17, 15) is 19.2 Å². The summed E-state index contributed by atoms with van der Waals surface area (Å²) in [5, 5.41) is 7.73. The number of benzene rings is 1. The highest BCUT2D eigenvalue weighted by Gasteiger charge is 2.61. The molecule has 0 saturated heterocycles. The number of nitrogens with one attached hydrogen (secondary N) is 1. The smallest absolute Gasteiger partial charge is 0.277 e. The molecule has 0 radical (unpaired) electrons. The van der Waals surface area contributed by atoms with E-state index in [1.54, 1.807) is 24.3 Å². The van der Waals surface area contributed by atoms with Crippen molar-refractivity contribution in [3.8, 4) is 0 Å². The summed E-state index contributed by atoms with van der Waals surface area (Å²) in [6.45, 7) is 3.86. The number of hydrogen-bond acceptors (Lipinski definition) is 6. The summed E-state index contributed by atoms with van der Waals surface area (Å²) in [7, 11) is 0. The van der Waals surface area contributed by atoms with Crippen molar-refractivity contribution in [2.75, 3.05) is 4.90 Å². The quantitative estimate of drug-likeness (QED) is 0.747. The fourth-order valence-electron chi connectivity index (χ4n) is 2.81. The van der Waals surface area contributed by atoms with E-state index in [0.717, 1.165) is 21.7 Å². The summed E-state index contributed by atoms with van der Waals surface area (Å²) < 4.78 is 0. The Morgan fingerprint density at radius 3 is 2.38 bits per heavy atom. The van der Waals surface area contributed by atoms with Crippen LogP contribution in [0.2, 0.25) is 0 Å². The molecular formula is C15H14N4O4S. The Balaban J connectivity index is 2.19. The van der Waals surface area contributed by atoms with Crippen LogP contribution in [0.4, 0.5) is 5.69 Å². The summed E-state index contributed by atoms with van der Waals surface area (Å²) in [5.41, 5.74) is 0.891. The second-order valence-electron chi connectivity index (χ2n) is 5.34. The maximum Gasteiger partial charge on any atom is 0.277 e. The summed E-state index contributed by atoms with van der Waals surface area (Å²) in [6, 6.07) is 6.73. The third kappa shape index (κ3) is 2.12. The van der Waals surface area contributed by atoms with Crippen LogP contribution in [-0.2, 0) is 24.0 Å². The van der Waals surface area contributed by atoms with E-state index in [-0.39, 0.29) is 11.1 Å². The molecule has 9 heteroatoms. The van der Waals surface area contributed by atoms with Gasteiger partial charge in [0.05, 0.1) is 5.69 Å². The van der Waals surface area contributed by atoms with Crippen molar-refractivity contribution in [2.45, 2.75) is 25.6 Å². The summed E-state index contributed by atoms with van der Waals surface area (Å²) in [5.74, 6) is -1.89. The fraction of sp³-hybridized carbons (Fsp3) is 0.267. The number of hydrazone groups is 1. The van der Waals surface area contributed by atoms with Crippen LogP contribution in [0.3, 0.4) is 0 Å². The van der Waals surface area contributed by atoms with Gasteiger partial charge in [0.25, 0.3) is 5.91 Å². The number of nitrogens with zero attached hydrogens (tertiary/aromatic N) is 3. The first kappa shape index (κ1) is 16.2. The van der Waals surface area contributed by atoms with Crippen molar-refractivity contribution >= 4 is 46.2 Å². The monoisotopic (exact) mass is 346 g/mol. The van der Waals surface area contributed by atoms with Gasteiger partial charge in [-0.15, -0.1) is 5.10 Å². The average Bonchev–Trinajstić information content (AvgIpc) is 2.97. The van der Waals surface area contributed by atoms with E-state index in [1.807, 2.05) is 0 Å². The van der Waals surface area contributed by atoms with Crippen LogP contribution in [0, 0.1) is 0 Å². The number of imide groups is 1. The molecule has 0 aromatic heterocycles. The summed E-state index contributed by atoms with van der Waals surface area (Å²) >= 11 is 0.937. The van der Waals surface area contributed by atoms with Gasteiger partial charge >= 0.3 is 0 Å². The second-order valence-corrected chi connectivity index (χ2v) is 6.52. The predicted molar refractivity (Wildman–Crippen MR) is 87.6 cm³/mol. The van der Waals surface area contributed by atoms with E-state index in [4.69, 9.17) is 0 Å². The lowest BCUT2D eigenvalue weighted by atomic mass is 10.1. The number of rotatable bonds is 0. The lowest BCUT2D eigenvalue weighted by molar-refractivity contribution is -0.140. The third-order valence-corrected chi connectivity index (χ3v) is 4.87. The first-order valence-corrected chi connectivity index (χ1v) is 7.91. The molecule has 124 valence electrons. The normalized spacial score (nSPS) is 21.8. The van der Waals surface area contributed by atoms with Crippen LogP contribution in [0.15, 0.2) is 29.4 Å². The van der Waals surface area contributed by atoms with E-state index >= 15 is 0 Å². The molecule has 0 bridgehead atoms. The van der Waals surface area contributed by atoms with E-state index in [1.165, 1.54) is 20.8 Å². The summed E-state index contributed by atoms with van der Waals surface area (Å²) in [6.07, 6.45) is 0. The zero-order chi connectivity index (χ0) is 17.6. The molecule has 1 aromatic rings. The average molecular weight is 346 g/mol. The maximum absolute atomic E-state index is 13.1. The molecule has 8 nitrogen and oxygen atoms in total. The highest BCUT2D eigenvalue weighted by Crippen LogP contribution is 2.54. The largest absolute Gasteiger partial charge is 0.304 e. The minimum Gasteiger partial charge on any atom is -0.304 e. The SMILES string of the molecule is CC(=O)NC1=NN(C(C)=O)C2(S1)C(=O)N(C(C)=O)c1ccccc12. The van der Waals surface area contributed by atoms with Gasteiger partial charge in [0.1, 0.15) is 0 Å². The second kappa shape index (κ2) is 5.45. The number of amidine groups is 1. The fourth-order valence-corrected chi connectivity index (χ4v) is 4.12. The predicted octanol–water partition coefficient (Wildman–Crippen LogP) is 0.735. The molecule has 24 heavy (non-hydrogen) atoms. The van der Waals surface area contributed by atoms with Crippen molar-refractivity contribution in [3.05, 3.63) is 29.8 Å². The van der Waals surface area contributed by atoms with Crippen molar-refractivity contribution in [2.24, 2.45) is 5.10 Å². The number of carbonyl (C=O) groups is 4. The van der Waals surface area contributed by atoms with Gasteiger partial charge in [0, 0.05) is 26.3 Å². The molecule has 1 aromatic carbocycles. The van der Waals surface area contributed by atoms with Gasteiger partial charge in [-0.2, -0.15) is 5.01 Å². The van der Waals surface area contributed by atoms with Crippen molar-refractivity contribution in [1.29, 1.82) is 0 Å². The van der Waals surface area contributed by atoms with Crippen LogP contribution in [0.25, 0.3) is 0 Å². The molecule has 0 saturated carbocycles. The number of fused-ring (bicyclic) bond motifs is 2. The molecule has 4 amide bonds. The van der Waals surface area contributed by atoms with Gasteiger partial charge in [0.15, 0.2) is 5.17 Å². The Kier molecular flexibility index (Phi) is 3.67. The lowest BCUT2D eigenvalue weighted by Gasteiger charge is -2.29. The number of anilines is 1. The van der Waals surface area contributed by atoms with Crippen LogP contribution in [0.5, 0.6) is 0 Å². The Morgan fingerprint density at radius 1 is 1.12 bits per heavy atom. The van der Waals surface area contributed by atoms with Gasteiger partial charge in [-0.3, -0.25) is 19.2 Å². The number of hydrogen-bond donors (Lipinski definition) is 1. The van der Waals surface area contributed by atoms with Crippen LogP contribution in [-0.4, -0.2) is 33.8 Å². The van der Waals surface area contributed by atoms with Crippen LogP contribution in [0.1, 0.15) is 26.3 Å². The van der Waals surface area contributed by atoms with Gasteiger partial charge in [-0.25, -0.2) is 4.90 Å². The van der Waals surface area contributed by atoms with E-state index < -0.39 is 22.6 Å². The first-order chi connectivity index (χ1) is 11.3. The van der Waals surface area contributed by atoms with Crippen molar-refractivity contribution in [3.63, 3.8) is 0 Å². The van der Waals surface area contributed by atoms with E-state index in [0.29, 0.717) is 11.3 Å². The molecule has 1 spiro atoms. The van der Waals surface area contributed by atoms with Crippen molar-refractivity contribution < 1.29 is 19.2 Å². The van der Waals surface area contributed by atoms with Crippen LogP contribution >= 0.6 is 11.8 Å². The Hall–Kier alpha value is -2.68. The zero-order valence-corrected chi connectivity index (χ0v) is 14.0. The Morgan fingerprint density at radius 2 is 1.79 bits per heavy atom. The molecule has 2 aliphatic heterocycles. The van der Waals surface area contributed by atoms with Gasteiger partial charge < -0.3 is 5.32 Å². The molecule has 2 aliphatic rings. The molecule has 1 unspecified atom stereocenters. The van der Waals surface area contributed by atoms with Crippen molar-refractivity contribution in [1.82, 2.24) is 10.3 Å². The number of para-hydroxylation sites is 1. The number of carbonyl (C=O) groups excluding carboxylic acids is 4. The Labute approximate surface area is 141 Å². The van der Waals surface area contributed by atoms with Crippen LogP contribution < -0.4 is 10.2 Å². The van der Waals surface area contributed by atoms with Gasteiger partial charge in [-0.1, -0.05) is 18.2 Å². The first-order valence-electron chi connectivity index (χ1n) is 7.09. The molecule has 0 fully saturated rings. The maximum atomic E-state index is 13.1. The molecule has 1 atom stereocenters. The minimum absolute atomic E-state index is 0.131. The zero-order valence-electron chi connectivity index (χ0n) is 13.2.